The first-order valence-electron chi connectivity index (χ1n) is 27.3. The summed E-state index contributed by atoms with van der Waals surface area (Å²) in [5.41, 5.74) is 0. The lowest BCUT2D eigenvalue weighted by atomic mass is 10.1. The van der Waals surface area contributed by atoms with Crippen molar-refractivity contribution in [3.8, 4) is 0 Å². The molecule has 0 heterocycles. The van der Waals surface area contributed by atoms with E-state index in [4.69, 9.17) is 14.2 Å². The quantitative estimate of drug-likeness (QED) is 0.0199. The van der Waals surface area contributed by atoms with Crippen LogP contribution in [-0.2, 0) is 28.6 Å². The molecule has 0 aliphatic heterocycles. The van der Waals surface area contributed by atoms with E-state index in [-0.39, 0.29) is 44.0 Å². The molecule has 0 amide bonds. The second-order valence-electron chi connectivity index (χ2n) is 18.2. The van der Waals surface area contributed by atoms with Gasteiger partial charge in [0.15, 0.2) is 6.10 Å². The summed E-state index contributed by atoms with van der Waals surface area (Å²) in [6.07, 6.45) is 65.1. The molecule has 0 saturated heterocycles. The van der Waals surface area contributed by atoms with Crippen LogP contribution < -0.4 is 0 Å². The minimum Gasteiger partial charge on any atom is -0.462 e. The molecule has 0 aromatic heterocycles. The molecule has 0 saturated carbocycles. The Hall–Kier alpha value is -2.89. The summed E-state index contributed by atoms with van der Waals surface area (Å²) in [6, 6.07) is 0. The number of hydrogen-bond acceptors (Lipinski definition) is 6. The van der Waals surface area contributed by atoms with Crippen LogP contribution in [0, 0.1) is 0 Å². The first-order chi connectivity index (χ1) is 31.5. The van der Waals surface area contributed by atoms with Gasteiger partial charge in [-0.1, -0.05) is 223 Å². The number of carbonyl (C=O) groups is 3. The largest absolute Gasteiger partial charge is 0.462 e. The van der Waals surface area contributed by atoms with Gasteiger partial charge in [-0.2, -0.15) is 0 Å². The van der Waals surface area contributed by atoms with Crippen molar-refractivity contribution < 1.29 is 28.6 Å². The Balaban J connectivity index is 4.46. The molecule has 0 aromatic carbocycles. The van der Waals surface area contributed by atoms with Crippen molar-refractivity contribution in [1.29, 1.82) is 0 Å². The van der Waals surface area contributed by atoms with E-state index in [1.807, 2.05) is 6.08 Å². The Morgan fingerprint density at radius 2 is 0.641 bits per heavy atom. The average Bonchev–Trinajstić information content (AvgIpc) is 3.29. The van der Waals surface area contributed by atoms with Crippen LogP contribution in [0.1, 0.15) is 271 Å². The van der Waals surface area contributed by atoms with Gasteiger partial charge < -0.3 is 14.2 Å². The standard InChI is InChI=1S/C58H102O6/c1-4-7-10-13-16-19-22-25-27-29-31-33-36-39-42-45-48-51-57(60)63-54-55(53-62-56(59)50-47-44-41-38-35-32-24-21-18-15-12-9-6-3)64-58(61)52-49-46-43-40-37-34-30-28-26-23-20-17-14-11-8-5-2/h25,27-28,30,32,34-35,37,41,44,55H,4-24,26,29,31,33,36,38-40,42-43,45-54H2,1-3H3/b27-25+,30-28+,35-32+,37-34+,44-41+. The van der Waals surface area contributed by atoms with Crippen LogP contribution >= 0.6 is 0 Å². The summed E-state index contributed by atoms with van der Waals surface area (Å²) in [5, 5.41) is 0. The molecule has 0 spiro atoms. The van der Waals surface area contributed by atoms with Crippen molar-refractivity contribution in [2.24, 2.45) is 0 Å². The lowest BCUT2D eigenvalue weighted by molar-refractivity contribution is -0.166. The maximum Gasteiger partial charge on any atom is 0.306 e. The van der Waals surface area contributed by atoms with Gasteiger partial charge in [-0.05, 0) is 89.9 Å². The molecule has 6 nitrogen and oxygen atoms in total. The third kappa shape index (κ3) is 50.1. The maximum atomic E-state index is 12.8. The van der Waals surface area contributed by atoms with Crippen LogP contribution in [0.15, 0.2) is 60.8 Å². The van der Waals surface area contributed by atoms with Gasteiger partial charge in [0.05, 0.1) is 0 Å². The highest BCUT2D eigenvalue weighted by Crippen LogP contribution is 2.14. The monoisotopic (exact) mass is 895 g/mol. The van der Waals surface area contributed by atoms with Gasteiger partial charge >= 0.3 is 17.9 Å². The average molecular weight is 895 g/mol. The SMILES string of the molecule is CCCCCCCC/C=C/C/C=C/CCC(=O)OCC(COC(=O)CCCCCCCCC/C=C/CCCCCCCC)OC(=O)CCCCC/C=C/C=C/CCCCCCCCC. The molecule has 1 atom stereocenters. The van der Waals surface area contributed by atoms with Crippen molar-refractivity contribution >= 4 is 17.9 Å². The molecule has 64 heavy (non-hydrogen) atoms. The lowest BCUT2D eigenvalue weighted by Crippen LogP contribution is -2.30. The molecule has 0 aliphatic rings. The van der Waals surface area contributed by atoms with E-state index in [9.17, 15) is 14.4 Å². The molecule has 1 unspecified atom stereocenters. The smallest absolute Gasteiger partial charge is 0.306 e. The summed E-state index contributed by atoms with van der Waals surface area (Å²) < 4.78 is 16.7. The summed E-state index contributed by atoms with van der Waals surface area (Å²) in [5.74, 6) is -0.999. The summed E-state index contributed by atoms with van der Waals surface area (Å²) in [6.45, 7) is 6.55. The predicted molar refractivity (Wildman–Crippen MR) is 275 cm³/mol. The highest BCUT2D eigenvalue weighted by atomic mass is 16.6. The number of allylic oxidation sites excluding steroid dienone is 10. The Morgan fingerprint density at radius 1 is 0.328 bits per heavy atom. The highest BCUT2D eigenvalue weighted by molar-refractivity contribution is 5.71. The van der Waals surface area contributed by atoms with E-state index in [0.29, 0.717) is 12.8 Å². The fourth-order valence-corrected chi connectivity index (χ4v) is 7.60. The molecule has 0 aliphatic carbocycles. The third-order valence-corrected chi connectivity index (χ3v) is 11.8. The van der Waals surface area contributed by atoms with Gasteiger partial charge in [-0.3, -0.25) is 14.4 Å². The van der Waals surface area contributed by atoms with Crippen LogP contribution in [0.4, 0.5) is 0 Å². The van der Waals surface area contributed by atoms with Crippen LogP contribution in [0.5, 0.6) is 0 Å². The topological polar surface area (TPSA) is 78.9 Å². The zero-order valence-corrected chi connectivity index (χ0v) is 42.3. The predicted octanol–water partition coefficient (Wildman–Crippen LogP) is 18.0. The number of carbonyl (C=O) groups excluding carboxylic acids is 3. The fraction of sp³-hybridized carbons (Fsp3) is 0.776. The Labute approximate surface area is 396 Å². The van der Waals surface area contributed by atoms with Gasteiger partial charge in [0.1, 0.15) is 13.2 Å². The van der Waals surface area contributed by atoms with Crippen LogP contribution in [-0.4, -0.2) is 37.2 Å². The molecule has 6 heteroatoms. The molecule has 0 fully saturated rings. The molecule has 0 rings (SSSR count). The van der Waals surface area contributed by atoms with Crippen LogP contribution in [0.2, 0.25) is 0 Å². The second kappa shape index (κ2) is 52.7. The number of ether oxygens (including phenoxy) is 3. The molecule has 0 aromatic rings. The van der Waals surface area contributed by atoms with Crippen molar-refractivity contribution in [2.75, 3.05) is 13.2 Å². The van der Waals surface area contributed by atoms with Crippen LogP contribution in [0.3, 0.4) is 0 Å². The molecular weight excluding hydrogens is 793 g/mol. The molecular formula is C58H102O6. The first-order valence-corrected chi connectivity index (χ1v) is 27.3. The van der Waals surface area contributed by atoms with Gasteiger partial charge in [-0.25, -0.2) is 0 Å². The fourth-order valence-electron chi connectivity index (χ4n) is 7.60. The van der Waals surface area contributed by atoms with Crippen LogP contribution in [0.25, 0.3) is 0 Å². The third-order valence-electron chi connectivity index (χ3n) is 11.8. The molecule has 0 radical (unpaired) electrons. The van der Waals surface area contributed by atoms with Gasteiger partial charge in [0.25, 0.3) is 0 Å². The van der Waals surface area contributed by atoms with E-state index < -0.39 is 6.10 Å². The number of hydrogen-bond donors (Lipinski definition) is 0. The number of unbranched alkanes of at least 4 members (excludes halogenated alkanes) is 29. The zero-order valence-electron chi connectivity index (χ0n) is 42.3. The van der Waals surface area contributed by atoms with Crippen molar-refractivity contribution in [2.45, 2.75) is 277 Å². The minimum atomic E-state index is -0.811. The summed E-state index contributed by atoms with van der Waals surface area (Å²) in [7, 11) is 0. The van der Waals surface area contributed by atoms with Crippen molar-refractivity contribution in [1.82, 2.24) is 0 Å². The second-order valence-corrected chi connectivity index (χ2v) is 18.2. The number of rotatable bonds is 49. The van der Waals surface area contributed by atoms with Crippen molar-refractivity contribution in [3.05, 3.63) is 60.8 Å². The van der Waals surface area contributed by atoms with E-state index in [0.717, 1.165) is 64.2 Å². The van der Waals surface area contributed by atoms with Gasteiger partial charge in [-0.15, -0.1) is 0 Å². The Morgan fingerprint density at radius 3 is 1.08 bits per heavy atom. The minimum absolute atomic E-state index is 0.104. The molecule has 0 bridgehead atoms. The normalized spacial score (nSPS) is 12.5. The van der Waals surface area contributed by atoms with E-state index in [1.165, 1.54) is 161 Å². The Kier molecular flexibility index (Phi) is 50.4. The molecule has 0 N–H and O–H groups in total. The maximum absolute atomic E-state index is 12.8. The van der Waals surface area contributed by atoms with E-state index >= 15 is 0 Å². The first kappa shape index (κ1) is 61.1. The van der Waals surface area contributed by atoms with Gasteiger partial charge in [0, 0.05) is 19.3 Å². The van der Waals surface area contributed by atoms with E-state index in [2.05, 4.69) is 75.5 Å². The lowest BCUT2D eigenvalue weighted by Gasteiger charge is -2.18. The van der Waals surface area contributed by atoms with Crippen molar-refractivity contribution in [3.63, 3.8) is 0 Å². The summed E-state index contributed by atoms with van der Waals surface area (Å²) in [4.78, 5) is 38.0. The highest BCUT2D eigenvalue weighted by Gasteiger charge is 2.19. The number of esters is 3. The van der Waals surface area contributed by atoms with Gasteiger partial charge in [0.2, 0.25) is 0 Å². The van der Waals surface area contributed by atoms with E-state index in [1.54, 1.807) is 0 Å². The zero-order chi connectivity index (χ0) is 46.5. The summed E-state index contributed by atoms with van der Waals surface area (Å²) >= 11 is 0. The molecule has 370 valence electrons. The Bertz CT molecular complexity index is 1170.